The van der Waals surface area contributed by atoms with Crippen molar-refractivity contribution in [1.82, 2.24) is 4.90 Å². The summed E-state index contributed by atoms with van der Waals surface area (Å²) in [7, 11) is 0. The van der Waals surface area contributed by atoms with Gasteiger partial charge in [0, 0.05) is 13.0 Å². The van der Waals surface area contributed by atoms with Crippen molar-refractivity contribution in [2.45, 2.75) is 64.5 Å². The molecule has 1 amide bonds. The molecule has 1 heterocycles. The van der Waals surface area contributed by atoms with Gasteiger partial charge in [0.25, 0.3) is 0 Å². The maximum atomic E-state index is 12.0. The lowest BCUT2D eigenvalue weighted by Gasteiger charge is -2.21. The predicted octanol–water partition coefficient (Wildman–Crippen LogP) is 2.61. The number of aliphatic hydroxyl groups is 1. The highest BCUT2D eigenvalue weighted by Gasteiger charge is 2.27. The lowest BCUT2D eigenvalue weighted by molar-refractivity contribution is -0.147. The van der Waals surface area contributed by atoms with Gasteiger partial charge in [-0.3, -0.25) is 4.79 Å². The molecule has 0 aromatic rings. The first kappa shape index (κ1) is 22.4. The zero-order chi connectivity index (χ0) is 19.2. The summed E-state index contributed by atoms with van der Waals surface area (Å²) in [5.41, 5.74) is 0. The molecule has 1 N–H and O–H groups in total. The Kier molecular flexibility index (Phi) is 11.6. The average molecular weight is 367 g/mol. The Labute approximate surface area is 156 Å². The molecule has 1 fully saturated rings. The first-order valence-electron chi connectivity index (χ1n) is 9.62. The smallest absolute Gasteiger partial charge is 0.332 e. The van der Waals surface area contributed by atoms with Crippen LogP contribution in [-0.2, 0) is 19.1 Å². The second kappa shape index (κ2) is 13.5. The van der Waals surface area contributed by atoms with Crippen LogP contribution < -0.4 is 0 Å². The molecule has 0 aromatic heterocycles. The van der Waals surface area contributed by atoms with Crippen molar-refractivity contribution in [1.29, 1.82) is 0 Å². The highest BCUT2D eigenvalue weighted by molar-refractivity contribution is 5.79. The molecule has 1 saturated heterocycles. The lowest BCUT2D eigenvalue weighted by Crippen LogP contribution is -2.32. The van der Waals surface area contributed by atoms with Gasteiger partial charge in [-0.2, -0.15) is 0 Å². The van der Waals surface area contributed by atoms with Crippen LogP contribution in [0.3, 0.4) is 0 Å². The van der Waals surface area contributed by atoms with E-state index in [2.05, 4.69) is 6.92 Å². The van der Waals surface area contributed by atoms with E-state index in [4.69, 9.17) is 9.47 Å². The molecule has 1 unspecified atom stereocenters. The van der Waals surface area contributed by atoms with Crippen LogP contribution in [0.25, 0.3) is 0 Å². The number of esters is 1. The third kappa shape index (κ3) is 9.15. The summed E-state index contributed by atoms with van der Waals surface area (Å²) in [5, 5.41) is 9.99. The SMILES string of the molecule is CCCCC[C@@H](O)/C=C/C1CCC(=O)N1C/C=C\COCC(=O)OCC. The molecule has 1 aliphatic heterocycles. The van der Waals surface area contributed by atoms with E-state index in [0.717, 1.165) is 32.1 Å². The Morgan fingerprint density at radius 1 is 1.35 bits per heavy atom. The van der Waals surface area contributed by atoms with Gasteiger partial charge < -0.3 is 19.5 Å². The Hall–Kier alpha value is -1.66. The number of carbonyl (C=O) groups is 2. The van der Waals surface area contributed by atoms with Crippen LogP contribution in [0.15, 0.2) is 24.3 Å². The van der Waals surface area contributed by atoms with Crippen LogP contribution in [0.1, 0.15) is 52.4 Å². The van der Waals surface area contributed by atoms with Crippen molar-refractivity contribution in [3.63, 3.8) is 0 Å². The fourth-order valence-electron chi connectivity index (χ4n) is 2.82. The van der Waals surface area contributed by atoms with Crippen LogP contribution in [0.2, 0.25) is 0 Å². The number of rotatable bonds is 13. The van der Waals surface area contributed by atoms with E-state index < -0.39 is 6.10 Å². The van der Waals surface area contributed by atoms with Gasteiger partial charge >= 0.3 is 5.97 Å². The molecule has 0 bridgehead atoms. The van der Waals surface area contributed by atoms with Crippen LogP contribution in [0.4, 0.5) is 0 Å². The van der Waals surface area contributed by atoms with E-state index in [9.17, 15) is 14.7 Å². The molecule has 1 aliphatic rings. The zero-order valence-corrected chi connectivity index (χ0v) is 16.1. The van der Waals surface area contributed by atoms with E-state index in [1.54, 1.807) is 17.9 Å². The standard InChI is InChI=1S/C20H33NO5/c1-3-5-6-9-18(22)12-10-17-11-13-19(23)21(17)14-7-8-15-25-16-20(24)26-4-2/h7-8,10,12,17-18,22H,3-6,9,11,13-16H2,1-2H3/b8-7-,12-10+/t17?,18-/m1/s1. The molecule has 0 aromatic carbocycles. The quantitative estimate of drug-likeness (QED) is 0.308. The van der Waals surface area contributed by atoms with E-state index >= 15 is 0 Å². The molecule has 6 nitrogen and oxygen atoms in total. The minimum atomic E-state index is -0.439. The van der Waals surface area contributed by atoms with Gasteiger partial charge in [-0.15, -0.1) is 0 Å². The molecule has 26 heavy (non-hydrogen) atoms. The first-order valence-corrected chi connectivity index (χ1v) is 9.62. The lowest BCUT2D eigenvalue weighted by atomic mass is 10.1. The van der Waals surface area contributed by atoms with Crippen LogP contribution in [0.5, 0.6) is 0 Å². The topological polar surface area (TPSA) is 76.1 Å². The Morgan fingerprint density at radius 2 is 2.15 bits per heavy atom. The van der Waals surface area contributed by atoms with Crippen molar-refractivity contribution in [3.05, 3.63) is 24.3 Å². The molecule has 2 atom stereocenters. The third-order valence-electron chi connectivity index (χ3n) is 4.24. The number of ether oxygens (including phenoxy) is 2. The van der Waals surface area contributed by atoms with E-state index in [1.807, 2.05) is 18.2 Å². The molecule has 0 saturated carbocycles. The Balaban J connectivity index is 2.33. The molecular weight excluding hydrogens is 334 g/mol. The predicted molar refractivity (Wildman–Crippen MR) is 101 cm³/mol. The number of nitrogens with zero attached hydrogens (tertiary/aromatic N) is 1. The minimum Gasteiger partial charge on any atom is -0.464 e. The van der Waals surface area contributed by atoms with Crippen molar-refractivity contribution in [2.75, 3.05) is 26.4 Å². The van der Waals surface area contributed by atoms with Crippen molar-refractivity contribution in [2.24, 2.45) is 0 Å². The second-order valence-electron chi connectivity index (χ2n) is 6.39. The summed E-state index contributed by atoms with van der Waals surface area (Å²) < 4.78 is 9.95. The van der Waals surface area contributed by atoms with Gasteiger partial charge in [0.05, 0.1) is 25.4 Å². The van der Waals surface area contributed by atoms with Crippen LogP contribution in [-0.4, -0.2) is 60.4 Å². The summed E-state index contributed by atoms with van der Waals surface area (Å²) >= 11 is 0. The normalized spacial score (nSPS) is 19.0. The average Bonchev–Trinajstić information content (AvgIpc) is 2.96. The number of hydrogen-bond acceptors (Lipinski definition) is 5. The number of likely N-dealkylation sites (tertiary alicyclic amines) is 1. The maximum Gasteiger partial charge on any atom is 0.332 e. The van der Waals surface area contributed by atoms with Gasteiger partial charge in [-0.1, -0.05) is 50.5 Å². The molecule has 0 spiro atoms. The van der Waals surface area contributed by atoms with Gasteiger partial charge in [0.2, 0.25) is 5.91 Å². The maximum absolute atomic E-state index is 12.0. The summed E-state index contributed by atoms with van der Waals surface area (Å²) in [6.07, 6.45) is 12.4. The van der Waals surface area contributed by atoms with Crippen LogP contribution >= 0.6 is 0 Å². The molecule has 0 aliphatic carbocycles. The largest absolute Gasteiger partial charge is 0.464 e. The summed E-state index contributed by atoms with van der Waals surface area (Å²) in [6.45, 7) is 4.97. The molecule has 148 valence electrons. The van der Waals surface area contributed by atoms with E-state index in [0.29, 0.717) is 26.2 Å². The Bertz CT molecular complexity index is 475. The second-order valence-corrected chi connectivity index (χ2v) is 6.39. The molecule has 1 rings (SSSR count). The first-order chi connectivity index (χ1) is 12.6. The van der Waals surface area contributed by atoms with Gasteiger partial charge in [-0.25, -0.2) is 4.79 Å². The third-order valence-corrected chi connectivity index (χ3v) is 4.24. The molecular formula is C20H33NO5. The Morgan fingerprint density at radius 3 is 2.88 bits per heavy atom. The van der Waals surface area contributed by atoms with E-state index in [1.165, 1.54) is 0 Å². The van der Waals surface area contributed by atoms with Crippen molar-refractivity contribution < 1.29 is 24.2 Å². The zero-order valence-electron chi connectivity index (χ0n) is 16.1. The highest BCUT2D eigenvalue weighted by Crippen LogP contribution is 2.20. The number of unbranched alkanes of at least 4 members (excludes halogenated alkanes) is 2. The monoisotopic (exact) mass is 367 g/mol. The summed E-state index contributed by atoms with van der Waals surface area (Å²) in [5.74, 6) is -0.254. The van der Waals surface area contributed by atoms with E-state index in [-0.39, 0.29) is 24.5 Å². The van der Waals surface area contributed by atoms with Crippen LogP contribution in [0, 0.1) is 0 Å². The number of carbonyl (C=O) groups excluding carboxylic acids is 2. The molecule has 6 heteroatoms. The molecule has 0 radical (unpaired) electrons. The summed E-state index contributed by atoms with van der Waals surface area (Å²) in [4.78, 5) is 25.0. The van der Waals surface area contributed by atoms with Crippen molar-refractivity contribution >= 4 is 11.9 Å². The fourth-order valence-corrected chi connectivity index (χ4v) is 2.82. The minimum absolute atomic E-state index is 0.0356. The number of aliphatic hydroxyl groups excluding tert-OH is 1. The van der Waals surface area contributed by atoms with Gasteiger partial charge in [0.15, 0.2) is 0 Å². The van der Waals surface area contributed by atoms with Crippen molar-refractivity contribution in [3.8, 4) is 0 Å². The number of amides is 1. The van der Waals surface area contributed by atoms with Gasteiger partial charge in [-0.05, 0) is 19.8 Å². The summed E-state index contributed by atoms with van der Waals surface area (Å²) in [6, 6.07) is 0.0356. The fraction of sp³-hybridized carbons (Fsp3) is 0.700. The highest BCUT2D eigenvalue weighted by atomic mass is 16.6. The van der Waals surface area contributed by atoms with Gasteiger partial charge in [0.1, 0.15) is 6.61 Å². The number of hydrogen-bond donors (Lipinski definition) is 1.